The maximum absolute atomic E-state index is 12.7. The van der Waals surface area contributed by atoms with Gasteiger partial charge in [0.15, 0.2) is 5.96 Å². The van der Waals surface area contributed by atoms with E-state index in [-0.39, 0.29) is 54.5 Å². The van der Waals surface area contributed by atoms with Crippen molar-refractivity contribution in [2.75, 3.05) is 33.8 Å². The summed E-state index contributed by atoms with van der Waals surface area (Å²) in [5, 5.41) is 8.85. The van der Waals surface area contributed by atoms with Crippen molar-refractivity contribution in [3.8, 4) is 5.75 Å². The van der Waals surface area contributed by atoms with Crippen LogP contribution in [0.1, 0.15) is 12.0 Å². The molecule has 1 heterocycles. The number of ether oxygens (including phenoxy) is 1. The SMILES string of the molecule is CN=C(NCCN1C(=O)C2C3C=CC(C3)C2C1=O)NCC(=O)NCc1ccc(OC)cc1. The largest absolute Gasteiger partial charge is 0.497 e. The van der Waals surface area contributed by atoms with E-state index in [1.54, 1.807) is 14.2 Å². The number of rotatable bonds is 8. The molecule has 0 aromatic heterocycles. The molecule has 1 aliphatic heterocycles. The minimum atomic E-state index is -0.177. The summed E-state index contributed by atoms with van der Waals surface area (Å²) in [6.07, 6.45) is 5.10. The predicted molar refractivity (Wildman–Crippen MR) is 119 cm³/mol. The fourth-order valence-corrected chi connectivity index (χ4v) is 4.86. The molecule has 4 unspecified atom stereocenters. The lowest BCUT2D eigenvalue weighted by Gasteiger charge is -2.18. The zero-order valence-electron chi connectivity index (χ0n) is 18.3. The predicted octanol–water partition coefficient (Wildman–Crippen LogP) is 0.284. The second kappa shape index (κ2) is 9.42. The van der Waals surface area contributed by atoms with E-state index in [1.807, 2.05) is 24.3 Å². The highest BCUT2D eigenvalue weighted by Crippen LogP contribution is 2.52. The molecule has 9 heteroatoms. The molecule has 0 spiro atoms. The van der Waals surface area contributed by atoms with Gasteiger partial charge < -0.3 is 20.7 Å². The minimum Gasteiger partial charge on any atom is -0.497 e. The molecule has 2 fully saturated rings. The van der Waals surface area contributed by atoms with E-state index in [4.69, 9.17) is 4.74 Å². The van der Waals surface area contributed by atoms with Gasteiger partial charge in [0, 0.05) is 26.7 Å². The third kappa shape index (κ3) is 4.32. The molecule has 4 rings (SSSR count). The van der Waals surface area contributed by atoms with Crippen LogP contribution >= 0.6 is 0 Å². The van der Waals surface area contributed by atoms with Crippen LogP contribution in [0.5, 0.6) is 5.75 Å². The van der Waals surface area contributed by atoms with Crippen LogP contribution in [0.3, 0.4) is 0 Å². The van der Waals surface area contributed by atoms with E-state index >= 15 is 0 Å². The molecule has 32 heavy (non-hydrogen) atoms. The number of carbonyl (C=O) groups excluding carboxylic acids is 3. The normalized spacial score (nSPS) is 25.8. The number of hydrogen-bond donors (Lipinski definition) is 3. The van der Waals surface area contributed by atoms with Gasteiger partial charge in [0.2, 0.25) is 17.7 Å². The topological polar surface area (TPSA) is 112 Å². The number of methoxy groups -OCH3 is 1. The first-order chi connectivity index (χ1) is 15.5. The van der Waals surface area contributed by atoms with E-state index in [2.05, 4.69) is 33.1 Å². The van der Waals surface area contributed by atoms with Crippen molar-refractivity contribution >= 4 is 23.7 Å². The maximum atomic E-state index is 12.7. The Morgan fingerprint density at radius 3 is 2.31 bits per heavy atom. The van der Waals surface area contributed by atoms with Crippen molar-refractivity contribution < 1.29 is 19.1 Å². The van der Waals surface area contributed by atoms with Crippen molar-refractivity contribution in [3.05, 3.63) is 42.0 Å². The van der Waals surface area contributed by atoms with E-state index in [9.17, 15) is 14.4 Å². The first kappa shape index (κ1) is 21.9. The molecule has 1 aromatic carbocycles. The molecule has 2 bridgehead atoms. The quantitative estimate of drug-likeness (QED) is 0.232. The van der Waals surface area contributed by atoms with Gasteiger partial charge in [0.1, 0.15) is 5.75 Å². The van der Waals surface area contributed by atoms with Crippen LogP contribution in [0.2, 0.25) is 0 Å². The molecule has 3 aliphatic rings. The summed E-state index contributed by atoms with van der Waals surface area (Å²) in [5.41, 5.74) is 0.968. The summed E-state index contributed by atoms with van der Waals surface area (Å²) in [6, 6.07) is 7.47. The Morgan fingerprint density at radius 2 is 1.72 bits per heavy atom. The van der Waals surface area contributed by atoms with Crippen LogP contribution in [0.4, 0.5) is 0 Å². The van der Waals surface area contributed by atoms with Gasteiger partial charge in [0.05, 0.1) is 25.5 Å². The van der Waals surface area contributed by atoms with Gasteiger partial charge in [0.25, 0.3) is 0 Å². The number of imide groups is 1. The summed E-state index contributed by atoms with van der Waals surface area (Å²) >= 11 is 0. The third-order valence-electron chi connectivity index (χ3n) is 6.48. The molecule has 1 aromatic rings. The summed E-state index contributed by atoms with van der Waals surface area (Å²) in [4.78, 5) is 43.0. The van der Waals surface area contributed by atoms with E-state index in [0.717, 1.165) is 17.7 Å². The number of carbonyl (C=O) groups is 3. The maximum Gasteiger partial charge on any atom is 0.239 e. The van der Waals surface area contributed by atoms with Crippen molar-refractivity contribution in [3.63, 3.8) is 0 Å². The Balaban J connectivity index is 1.17. The number of hydrogen-bond acceptors (Lipinski definition) is 5. The zero-order chi connectivity index (χ0) is 22.7. The van der Waals surface area contributed by atoms with Crippen molar-refractivity contribution in [1.82, 2.24) is 20.9 Å². The van der Waals surface area contributed by atoms with Crippen LogP contribution in [0.15, 0.2) is 41.4 Å². The molecule has 4 atom stereocenters. The number of nitrogens with one attached hydrogen (secondary N) is 3. The molecule has 1 saturated carbocycles. The molecule has 2 aliphatic carbocycles. The van der Waals surface area contributed by atoms with Crippen molar-refractivity contribution in [2.45, 2.75) is 13.0 Å². The highest BCUT2D eigenvalue weighted by Gasteiger charge is 2.58. The number of likely N-dealkylation sites (tertiary alicyclic amines) is 1. The van der Waals surface area contributed by atoms with Crippen LogP contribution in [-0.4, -0.2) is 62.4 Å². The fraction of sp³-hybridized carbons (Fsp3) is 0.478. The number of aliphatic imine (C=N–C) groups is 1. The smallest absolute Gasteiger partial charge is 0.239 e. The number of nitrogens with zero attached hydrogens (tertiary/aromatic N) is 2. The number of benzene rings is 1. The lowest BCUT2D eigenvalue weighted by atomic mass is 9.85. The Bertz CT molecular complexity index is 912. The van der Waals surface area contributed by atoms with Gasteiger partial charge in [-0.25, -0.2) is 0 Å². The number of guanidine groups is 1. The molecule has 1 saturated heterocycles. The lowest BCUT2D eigenvalue weighted by molar-refractivity contribution is -0.140. The highest BCUT2D eigenvalue weighted by molar-refractivity contribution is 6.06. The standard InChI is InChI=1S/C23H29N5O4/c1-24-23(27-13-18(29)26-12-14-3-7-17(32-2)8-4-14)25-9-10-28-21(30)19-15-5-6-16(11-15)20(19)22(28)31/h3-8,15-16,19-20H,9-13H2,1-2H3,(H,26,29)(H2,24,25,27). The van der Waals surface area contributed by atoms with Gasteiger partial charge in [-0.2, -0.15) is 0 Å². The minimum absolute atomic E-state index is 0.0522. The Hall–Kier alpha value is -3.36. The van der Waals surface area contributed by atoms with Gasteiger partial charge in [-0.05, 0) is 36.0 Å². The molecule has 3 amide bonds. The van der Waals surface area contributed by atoms with Crippen molar-refractivity contribution in [1.29, 1.82) is 0 Å². The summed E-state index contributed by atoms with van der Waals surface area (Å²) in [6.45, 7) is 1.12. The Labute approximate surface area is 187 Å². The Kier molecular flexibility index (Phi) is 6.43. The lowest BCUT2D eigenvalue weighted by Crippen LogP contribution is -2.46. The average molecular weight is 440 g/mol. The van der Waals surface area contributed by atoms with Crippen molar-refractivity contribution in [2.24, 2.45) is 28.7 Å². The van der Waals surface area contributed by atoms with E-state index in [1.165, 1.54) is 4.90 Å². The van der Waals surface area contributed by atoms with Crippen LogP contribution < -0.4 is 20.7 Å². The van der Waals surface area contributed by atoms with Gasteiger partial charge in [-0.3, -0.25) is 24.3 Å². The van der Waals surface area contributed by atoms with Crippen LogP contribution in [0.25, 0.3) is 0 Å². The van der Waals surface area contributed by atoms with Crippen LogP contribution in [-0.2, 0) is 20.9 Å². The molecule has 170 valence electrons. The van der Waals surface area contributed by atoms with E-state index in [0.29, 0.717) is 19.0 Å². The number of amides is 3. The van der Waals surface area contributed by atoms with Gasteiger partial charge in [-0.1, -0.05) is 24.3 Å². The zero-order valence-corrected chi connectivity index (χ0v) is 18.3. The highest BCUT2D eigenvalue weighted by atomic mass is 16.5. The van der Waals surface area contributed by atoms with E-state index < -0.39 is 0 Å². The number of fused-ring (bicyclic) bond motifs is 5. The monoisotopic (exact) mass is 439 g/mol. The summed E-state index contributed by atoms with van der Waals surface area (Å²) in [7, 11) is 3.21. The fourth-order valence-electron chi connectivity index (χ4n) is 4.86. The van der Waals surface area contributed by atoms with Gasteiger partial charge >= 0.3 is 0 Å². The molecular formula is C23H29N5O4. The Morgan fingerprint density at radius 1 is 1.06 bits per heavy atom. The second-order valence-corrected chi connectivity index (χ2v) is 8.31. The molecule has 9 nitrogen and oxygen atoms in total. The van der Waals surface area contributed by atoms with Crippen LogP contribution in [0, 0.1) is 23.7 Å². The molecular weight excluding hydrogens is 410 g/mol. The first-order valence-corrected chi connectivity index (χ1v) is 10.9. The summed E-state index contributed by atoms with van der Waals surface area (Å²) in [5.74, 6) is 0.986. The first-order valence-electron chi connectivity index (χ1n) is 10.9. The molecule has 0 radical (unpaired) electrons. The second-order valence-electron chi connectivity index (χ2n) is 8.31. The number of allylic oxidation sites excluding steroid dienone is 2. The summed E-state index contributed by atoms with van der Waals surface area (Å²) < 4.78 is 5.12. The third-order valence-corrected chi connectivity index (χ3v) is 6.48. The van der Waals surface area contributed by atoms with Gasteiger partial charge in [-0.15, -0.1) is 0 Å². The average Bonchev–Trinajstić information content (AvgIpc) is 3.49. The molecule has 3 N–H and O–H groups in total.